The monoisotopic (exact) mass is 425 g/mol. The van der Waals surface area contributed by atoms with Gasteiger partial charge in [-0.05, 0) is 70.2 Å². The standard InChI is InChI=1S/C23H27N3O3S/c1-15-7-5-8-19(11-15)13-20-12-16(2)24-21(14-20)22-9-6-10-26(22)30(27,28)23-17(3)25-29-18(23)4/h5,7-8,11-12,14,22H,6,9-10,13H2,1-4H3/t22-/m1/s1. The largest absolute Gasteiger partial charge is 0.360 e. The van der Waals surface area contributed by atoms with Crippen LogP contribution in [0.25, 0.3) is 0 Å². The Morgan fingerprint density at radius 3 is 2.60 bits per heavy atom. The zero-order valence-electron chi connectivity index (χ0n) is 17.8. The Morgan fingerprint density at radius 1 is 1.10 bits per heavy atom. The van der Waals surface area contributed by atoms with Crippen molar-refractivity contribution in [3.8, 4) is 0 Å². The summed E-state index contributed by atoms with van der Waals surface area (Å²) in [6, 6.07) is 12.3. The number of sulfonamides is 1. The van der Waals surface area contributed by atoms with Gasteiger partial charge in [-0.15, -0.1) is 0 Å². The molecule has 1 fully saturated rings. The SMILES string of the molecule is Cc1cccc(Cc2cc(C)nc([C@H]3CCCN3S(=O)(=O)c3c(C)noc3C)c2)c1. The van der Waals surface area contributed by atoms with Crippen LogP contribution < -0.4 is 0 Å². The van der Waals surface area contributed by atoms with Crippen molar-refractivity contribution < 1.29 is 12.9 Å². The number of nitrogens with zero attached hydrogens (tertiary/aromatic N) is 3. The van der Waals surface area contributed by atoms with Crippen LogP contribution >= 0.6 is 0 Å². The highest BCUT2D eigenvalue weighted by molar-refractivity contribution is 7.89. The van der Waals surface area contributed by atoms with E-state index in [1.54, 1.807) is 18.2 Å². The summed E-state index contributed by atoms with van der Waals surface area (Å²) in [6.45, 7) is 7.83. The number of hydrogen-bond acceptors (Lipinski definition) is 5. The minimum atomic E-state index is -3.71. The first-order chi connectivity index (χ1) is 14.3. The first-order valence-corrected chi connectivity index (χ1v) is 11.7. The number of hydrogen-bond donors (Lipinski definition) is 0. The second-order valence-electron chi connectivity index (χ2n) is 8.13. The molecular weight excluding hydrogens is 398 g/mol. The average molecular weight is 426 g/mol. The maximum atomic E-state index is 13.4. The van der Waals surface area contributed by atoms with Gasteiger partial charge in [-0.1, -0.05) is 35.0 Å². The van der Waals surface area contributed by atoms with Crippen molar-refractivity contribution in [3.05, 3.63) is 75.9 Å². The second-order valence-corrected chi connectivity index (χ2v) is 9.96. The van der Waals surface area contributed by atoms with E-state index in [2.05, 4.69) is 48.5 Å². The third-order valence-electron chi connectivity index (χ3n) is 5.60. The number of rotatable bonds is 5. The molecule has 0 radical (unpaired) electrons. The van der Waals surface area contributed by atoms with Crippen molar-refractivity contribution in [1.82, 2.24) is 14.4 Å². The Hall–Kier alpha value is -2.51. The third kappa shape index (κ3) is 3.91. The zero-order valence-corrected chi connectivity index (χ0v) is 18.7. The van der Waals surface area contributed by atoms with E-state index >= 15 is 0 Å². The predicted octanol–water partition coefficient (Wildman–Crippen LogP) is 4.42. The lowest BCUT2D eigenvalue weighted by Gasteiger charge is -2.24. The molecule has 0 bridgehead atoms. The van der Waals surface area contributed by atoms with Crippen LogP contribution in [0.4, 0.5) is 0 Å². The van der Waals surface area contributed by atoms with Crippen molar-refractivity contribution >= 4 is 10.0 Å². The molecule has 30 heavy (non-hydrogen) atoms. The van der Waals surface area contributed by atoms with E-state index < -0.39 is 10.0 Å². The molecule has 1 aliphatic heterocycles. The van der Waals surface area contributed by atoms with Crippen LogP contribution in [-0.4, -0.2) is 29.4 Å². The predicted molar refractivity (Wildman–Crippen MR) is 115 cm³/mol. The molecule has 3 aromatic rings. The van der Waals surface area contributed by atoms with Crippen LogP contribution in [0.3, 0.4) is 0 Å². The summed E-state index contributed by atoms with van der Waals surface area (Å²) in [5.41, 5.74) is 5.71. The van der Waals surface area contributed by atoms with E-state index in [0.717, 1.165) is 36.2 Å². The molecule has 1 saturated heterocycles. The van der Waals surface area contributed by atoms with Crippen LogP contribution in [0.1, 0.15) is 58.4 Å². The molecule has 0 N–H and O–H groups in total. The first kappa shape index (κ1) is 20.8. The maximum absolute atomic E-state index is 13.4. The van der Waals surface area contributed by atoms with Crippen LogP contribution in [0.5, 0.6) is 0 Å². The average Bonchev–Trinajstić information content (AvgIpc) is 3.29. The van der Waals surface area contributed by atoms with Crippen molar-refractivity contribution in [2.24, 2.45) is 0 Å². The lowest BCUT2D eigenvalue weighted by molar-refractivity contribution is 0.381. The molecule has 0 aliphatic carbocycles. The Labute approximate surface area is 178 Å². The fourth-order valence-electron chi connectivity index (χ4n) is 4.38. The number of aromatic nitrogens is 2. The van der Waals surface area contributed by atoms with E-state index in [1.165, 1.54) is 11.1 Å². The molecule has 6 nitrogen and oxygen atoms in total. The lowest BCUT2D eigenvalue weighted by Crippen LogP contribution is -2.32. The molecule has 2 aromatic heterocycles. The zero-order chi connectivity index (χ0) is 21.5. The molecule has 4 rings (SSSR count). The molecule has 158 valence electrons. The summed E-state index contributed by atoms with van der Waals surface area (Å²) in [6.07, 6.45) is 2.35. The van der Waals surface area contributed by atoms with E-state index in [-0.39, 0.29) is 10.9 Å². The fraction of sp³-hybridized carbons (Fsp3) is 0.391. The van der Waals surface area contributed by atoms with E-state index in [4.69, 9.17) is 9.51 Å². The molecular formula is C23H27N3O3S. The number of aryl methyl sites for hydroxylation is 4. The van der Waals surface area contributed by atoms with Gasteiger partial charge in [0.05, 0.1) is 11.7 Å². The maximum Gasteiger partial charge on any atom is 0.249 e. The minimum Gasteiger partial charge on any atom is -0.360 e. The highest BCUT2D eigenvalue weighted by atomic mass is 32.2. The van der Waals surface area contributed by atoms with Gasteiger partial charge in [-0.2, -0.15) is 4.31 Å². The molecule has 1 atom stereocenters. The molecule has 1 aliphatic rings. The van der Waals surface area contributed by atoms with Gasteiger partial charge in [0.2, 0.25) is 10.0 Å². The molecule has 0 saturated carbocycles. The van der Waals surface area contributed by atoms with Gasteiger partial charge in [0.25, 0.3) is 0 Å². The van der Waals surface area contributed by atoms with E-state index in [1.807, 2.05) is 6.92 Å². The summed E-state index contributed by atoms with van der Waals surface area (Å²) in [5.74, 6) is 0.329. The van der Waals surface area contributed by atoms with Crippen LogP contribution in [0.15, 0.2) is 45.8 Å². The third-order valence-corrected chi connectivity index (χ3v) is 7.76. The van der Waals surface area contributed by atoms with Crippen molar-refractivity contribution in [2.45, 2.75) is 57.9 Å². The van der Waals surface area contributed by atoms with Crippen molar-refractivity contribution in [2.75, 3.05) is 6.54 Å². The highest BCUT2D eigenvalue weighted by Gasteiger charge is 2.40. The summed E-state index contributed by atoms with van der Waals surface area (Å²) in [7, 11) is -3.71. The summed E-state index contributed by atoms with van der Waals surface area (Å²) in [5, 5.41) is 3.84. The fourth-order valence-corrected chi connectivity index (χ4v) is 6.35. The Bertz CT molecular complexity index is 1160. The van der Waals surface area contributed by atoms with Crippen LogP contribution in [-0.2, 0) is 16.4 Å². The first-order valence-electron chi connectivity index (χ1n) is 10.2. The van der Waals surface area contributed by atoms with Gasteiger partial charge in [0.15, 0.2) is 5.76 Å². The molecule has 0 unspecified atom stereocenters. The Kier molecular flexibility index (Phi) is 5.51. The molecule has 3 heterocycles. The van der Waals surface area contributed by atoms with E-state index in [9.17, 15) is 8.42 Å². The van der Waals surface area contributed by atoms with Gasteiger partial charge in [0, 0.05) is 12.2 Å². The normalized spacial score (nSPS) is 17.5. The number of benzene rings is 1. The summed E-state index contributed by atoms with van der Waals surface area (Å²) >= 11 is 0. The van der Waals surface area contributed by atoms with Gasteiger partial charge in [0.1, 0.15) is 10.6 Å². The summed E-state index contributed by atoms with van der Waals surface area (Å²) in [4.78, 5) is 4.90. The van der Waals surface area contributed by atoms with Crippen molar-refractivity contribution in [3.63, 3.8) is 0 Å². The van der Waals surface area contributed by atoms with Gasteiger partial charge < -0.3 is 4.52 Å². The number of pyridine rings is 1. The minimum absolute atomic E-state index is 0.182. The highest BCUT2D eigenvalue weighted by Crippen LogP contribution is 2.37. The lowest BCUT2D eigenvalue weighted by atomic mass is 10.0. The van der Waals surface area contributed by atoms with Gasteiger partial charge >= 0.3 is 0 Å². The van der Waals surface area contributed by atoms with Gasteiger partial charge in [-0.3, -0.25) is 4.98 Å². The van der Waals surface area contributed by atoms with Crippen molar-refractivity contribution in [1.29, 1.82) is 0 Å². The van der Waals surface area contributed by atoms with E-state index in [0.29, 0.717) is 18.0 Å². The Balaban J connectivity index is 1.68. The topological polar surface area (TPSA) is 76.3 Å². The summed E-state index contributed by atoms with van der Waals surface area (Å²) < 4.78 is 33.5. The quantitative estimate of drug-likeness (QED) is 0.605. The van der Waals surface area contributed by atoms with Crippen LogP contribution in [0.2, 0.25) is 0 Å². The molecule has 1 aromatic carbocycles. The Morgan fingerprint density at radius 2 is 1.90 bits per heavy atom. The smallest absolute Gasteiger partial charge is 0.249 e. The van der Waals surface area contributed by atoms with Crippen LogP contribution in [0, 0.1) is 27.7 Å². The molecule has 7 heteroatoms. The second kappa shape index (κ2) is 7.96. The molecule has 0 spiro atoms. The van der Waals surface area contributed by atoms with Gasteiger partial charge in [-0.25, -0.2) is 8.42 Å². The molecule has 0 amide bonds.